The van der Waals surface area contributed by atoms with Crippen LogP contribution in [0.15, 0.2) is 35.4 Å². The number of para-hydroxylation sites is 1. The highest BCUT2D eigenvalue weighted by atomic mass is 16.5. The third-order valence-electron chi connectivity index (χ3n) is 2.90. The topological polar surface area (TPSA) is 68.6 Å². The Morgan fingerprint density at radius 3 is 3.00 bits per heavy atom. The van der Waals surface area contributed by atoms with E-state index in [2.05, 4.69) is 0 Å². The van der Waals surface area contributed by atoms with E-state index in [0.717, 1.165) is 11.1 Å². The first-order valence-corrected chi connectivity index (χ1v) is 6.49. The van der Waals surface area contributed by atoms with Crippen LogP contribution in [0.4, 0.5) is 0 Å². The largest absolute Gasteiger partial charge is 0.493 e. The molecule has 0 aromatic heterocycles. The summed E-state index contributed by atoms with van der Waals surface area (Å²) in [6, 6.07) is 7.38. The van der Waals surface area contributed by atoms with Crippen LogP contribution in [0.1, 0.15) is 12.5 Å². The molecule has 0 bridgehead atoms. The second kappa shape index (κ2) is 6.62. The Bertz CT molecular complexity index is 653. The normalized spacial score (nSPS) is 13.4. The highest BCUT2D eigenvalue weighted by molar-refractivity contribution is 5.93. The van der Waals surface area contributed by atoms with Crippen molar-refractivity contribution in [1.82, 2.24) is 0 Å². The summed E-state index contributed by atoms with van der Waals surface area (Å²) in [5.41, 5.74) is 1.52. The monoisotopic (exact) mass is 285 g/mol. The van der Waals surface area contributed by atoms with Crippen molar-refractivity contribution in [2.75, 3.05) is 20.3 Å². The minimum Gasteiger partial charge on any atom is -0.493 e. The molecule has 1 heterocycles. The van der Waals surface area contributed by atoms with Crippen LogP contribution < -0.4 is 9.47 Å². The highest BCUT2D eigenvalue weighted by Gasteiger charge is 2.17. The fourth-order valence-electron chi connectivity index (χ4n) is 1.97. The summed E-state index contributed by atoms with van der Waals surface area (Å²) in [6.45, 7) is 2.18. The van der Waals surface area contributed by atoms with E-state index in [4.69, 9.17) is 19.5 Å². The zero-order valence-corrected chi connectivity index (χ0v) is 11.9. The van der Waals surface area contributed by atoms with Gasteiger partial charge in [-0.2, -0.15) is 5.26 Å². The molecular weight excluding hydrogens is 270 g/mol. The fourth-order valence-corrected chi connectivity index (χ4v) is 1.97. The van der Waals surface area contributed by atoms with Gasteiger partial charge >= 0.3 is 5.97 Å². The Labute approximate surface area is 123 Å². The molecule has 0 aliphatic carbocycles. The maximum atomic E-state index is 11.6. The third kappa shape index (κ3) is 3.23. The van der Waals surface area contributed by atoms with Crippen molar-refractivity contribution in [3.8, 4) is 17.6 Å². The lowest BCUT2D eigenvalue weighted by Crippen LogP contribution is -2.10. The average Bonchev–Trinajstić information content (AvgIpc) is 2.51. The van der Waals surface area contributed by atoms with Gasteiger partial charge in [0, 0.05) is 5.56 Å². The Morgan fingerprint density at radius 1 is 1.52 bits per heavy atom. The molecule has 21 heavy (non-hydrogen) atoms. The minimum atomic E-state index is -0.627. The lowest BCUT2D eigenvalue weighted by atomic mass is 10.0. The molecule has 0 atom stereocenters. The Hall–Kier alpha value is -2.74. The molecular formula is C16H15NO4. The number of carbonyl (C=O) groups excluding carboxylic acids is 1. The lowest BCUT2D eigenvalue weighted by Gasteiger charge is -2.18. The van der Waals surface area contributed by atoms with E-state index in [1.807, 2.05) is 30.3 Å². The second-order valence-corrected chi connectivity index (χ2v) is 4.28. The van der Waals surface area contributed by atoms with Crippen molar-refractivity contribution in [3.63, 3.8) is 0 Å². The zero-order chi connectivity index (χ0) is 15.2. The Morgan fingerprint density at radius 2 is 2.33 bits per heavy atom. The molecule has 108 valence electrons. The predicted octanol–water partition coefficient (Wildman–Crippen LogP) is 2.48. The first-order chi connectivity index (χ1) is 10.2. The maximum Gasteiger partial charge on any atom is 0.348 e. The summed E-state index contributed by atoms with van der Waals surface area (Å²) in [6.07, 6.45) is 3.35. The molecule has 1 aliphatic heterocycles. The van der Waals surface area contributed by atoms with Crippen LogP contribution in [0, 0.1) is 11.3 Å². The van der Waals surface area contributed by atoms with Crippen molar-refractivity contribution in [2.45, 2.75) is 6.92 Å². The number of esters is 1. The van der Waals surface area contributed by atoms with E-state index in [1.54, 1.807) is 14.0 Å². The molecule has 0 fully saturated rings. The summed E-state index contributed by atoms with van der Waals surface area (Å²) in [7, 11) is 1.58. The Balaban J connectivity index is 2.32. The fraction of sp³-hybridized carbons (Fsp3) is 0.250. The smallest absolute Gasteiger partial charge is 0.348 e. The van der Waals surface area contributed by atoms with Crippen molar-refractivity contribution in [3.05, 3.63) is 41.0 Å². The molecule has 0 saturated heterocycles. The van der Waals surface area contributed by atoms with E-state index in [-0.39, 0.29) is 18.8 Å². The van der Waals surface area contributed by atoms with E-state index < -0.39 is 5.97 Å². The number of nitriles is 1. The van der Waals surface area contributed by atoms with Gasteiger partial charge in [0.2, 0.25) is 0 Å². The molecule has 2 rings (SSSR count). The number of hydrogen-bond donors (Lipinski definition) is 0. The van der Waals surface area contributed by atoms with E-state index >= 15 is 0 Å². The number of hydrogen-bond acceptors (Lipinski definition) is 5. The second-order valence-electron chi connectivity index (χ2n) is 4.28. The summed E-state index contributed by atoms with van der Waals surface area (Å²) in [5, 5.41) is 9.02. The van der Waals surface area contributed by atoms with Gasteiger partial charge in [-0.3, -0.25) is 0 Å². The molecule has 1 aromatic carbocycles. The number of nitrogens with zero attached hydrogens (tertiary/aromatic N) is 1. The molecule has 0 N–H and O–H groups in total. The quantitative estimate of drug-likeness (QED) is 0.483. The lowest BCUT2D eigenvalue weighted by molar-refractivity contribution is -0.138. The number of benzene rings is 1. The van der Waals surface area contributed by atoms with E-state index in [9.17, 15) is 4.79 Å². The van der Waals surface area contributed by atoms with Crippen LogP contribution in [0.5, 0.6) is 11.5 Å². The van der Waals surface area contributed by atoms with Crippen molar-refractivity contribution < 1.29 is 19.0 Å². The van der Waals surface area contributed by atoms with Gasteiger partial charge in [0.05, 0.1) is 13.7 Å². The van der Waals surface area contributed by atoms with Gasteiger partial charge in [0.15, 0.2) is 11.5 Å². The highest BCUT2D eigenvalue weighted by Crippen LogP contribution is 2.35. The van der Waals surface area contributed by atoms with Crippen molar-refractivity contribution in [2.24, 2.45) is 0 Å². The standard InChI is InChI=1S/C16H15NO4/c1-3-20-16(18)13(9-17)8-11-7-12-5-4-6-14(19-2)15(12)21-10-11/h4-8H,3,10H2,1-2H3/b13-8-. The van der Waals surface area contributed by atoms with Crippen LogP contribution in [0.2, 0.25) is 0 Å². The molecule has 1 aliphatic rings. The van der Waals surface area contributed by atoms with Crippen LogP contribution in [-0.4, -0.2) is 26.3 Å². The molecule has 0 amide bonds. The summed E-state index contributed by atoms with van der Waals surface area (Å²) >= 11 is 0. The molecule has 1 aromatic rings. The molecule has 0 radical (unpaired) electrons. The number of fused-ring (bicyclic) bond motifs is 1. The first-order valence-electron chi connectivity index (χ1n) is 6.49. The number of ether oxygens (including phenoxy) is 3. The third-order valence-corrected chi connectivity index (χ3v) is 2.90. The van der Waals surface area contributed by atoms with Gasteiger partial charge in [0.1, 0.15) is 18.2 Å². The minimum absolute atomic E-state index is 0.0435. The number of carbonyl (C=O) groups is 1. The average molecular weight is 285 g/mol. The molecule has 0 saturated carbocycles. The number of rotatable bonds is 4. The van der Waals surface area contributed by atoms with Gasteiger partial charge in [0.25, 0.3) is 0 Å². The van der Waals surface area contributed by atoms with E-state index in [1.165, 1.54) is 6.08 Å². The Kier molecular flexibility index (Phi) is 4.62. The SMILES string of the molecule is CCOC(=O)/C(C#N)=C\C1=Cc2cccc(OC)c2OC1. The molecule has 0 spiro atoms. The van der Waals surface area contributed by atoms with Gasteiger partial charge in [-0.25, -0.2) is 4.79 Å². The summed E-state index contributed by atoms with van der Waals surface area (Å²) in [4.78, 5) is 11.6. The molecule has 5 nitrogen and oxygen atoms in total. The van der Waals surface area contributed by atoms with Crippen molar-refractivity contribution in [1.29, 1.82) is 5.26 Å². The van der Waals surface area contributed by atoms with Gasteiger partial charge in [-0.05, 0) is 30.7 Å². The maximum absolute atomic E-state index is 11.6. The first kappa shape index (κ1) is 14.7. The molecule has 0 unspecified atom stereocenters. The van der Waals surface area contributed by atoms with Crippen LogP contribution in [-0.2, 0) is 9.53 Å². The van der Waals surface area contributed by atoms with E-state index in [0.29, 0.717) is 11.5 Å². The predicted molar refractivity (Wildman–Crippen MR) is 76.8 cm³/mol. The van der Waals surface area contributed by atoms with Crippen molar-refractivity contribution >= 4 is 12.0 Å². The van der Waals surface area contributed by atoms with Crippen LogP contribution >= 0.6 is 0 Å². The van der Waals surface area contributed by atoms with Gasteiger partial charge < -0.3 is 14.2 Å². The van der Waals surface area contributed by atoms with Crippen LogP contribution in [0.3, 0.4) is 0 Å². The summed E-state index contributed by atoms with van der Waals surface area (Å²) < 4.78 is 15.7. The van der Waals surface area contributed by atoms with Gasteiger partial charge in [-0.1, -0.05) is 12.1 Å². The summed E-state index contributed by atoms with van der Waals surface area (Å²) in [5.74, 6) is 0.682. The number of methoxy groups -OCH3 is 1. The van der Waals surface area contributed by atoms with Crippen LogP contribution in [0.25, 0.3) is 6.08 Å². The van der Waals surface area contributed by atoms with Gasteiger partial charge in [-0.15, -0.1) is 0 Å². The zero-order valence-electron chi connectivity index (χ0n) is 11.9. The molecule has 5 heteroatoms.